The van der Waals surface area contributed by atoms with E-state index in [2.05, 4.69) is 19.6 Å². The predicted octanol–water partition coefficient (Wildman–Crippen LogP) is -0.302. The van der Waals surface area contributed by atoms with E-state index in [4.69, 9.17) is 10.2 Å². The van der Waals surface area contributed by atoms with Gasteiger partial charge in [-0.2, -0.15) is 0 Å². The van der Waals surface area contributed by atoms with Gasteiger partial charge >= 0.3 is 43.4 Å². The topological polar surface area (TPSA) is 180 Å². The summed E-state index contributed by atoms with van der Waals surface area (Å²) < 4.78 is 0. The van der Waals surface area contributed by atoms with Gasteiger partial charge in [0.2, 0.25) is 0 Å². The second-order valence-corrected chi connectivity index (χ2v) is 17.9. The van der Waals surface area contributed by atoms with Gasteiger partial charge in [0.25, 0.3) is 0 Å². The first-order valence-corrected chi connectivity index (χ1v) is 18.5. The van der Waals surface area contributed by atoms with Crippen molar-refractivity contribution in [3.63, 3.8) is 0 Å². The molecule has 0 saturated carbocycles. The van der Waals surface area contributed by atoms with Crippen molar-refractivity contribution in [1.29, 1.82) is 0 Å². The van der Waals surface area contributed by atoms with Crippen LogP contribution in [-0.2, 0) is 48.9 Å². The summed E-state index contributed by atoms with van der Waals surface area (Å²) in [5.41, 5.74) is -0.729. The second kappa shape index (κ2) is 30.2. The monoisotopic (exact) mass is 798 g/mol. The van der Waals surface area contributed by atoms with Crippen molar-refractivity contribution in [2.75, 3.05) is 91.8 Å². The molecule has 2 aliphatic rings. The Morgan fingerprint density at radius 2 is 0.529 bits per heavy atom. The van der Waals surface area contributed by atoms with E-state index in [0.29, 0.717) is 26.2 Å². The number of hydrogen-bond acceptors (Lipinski definition) is 10. The molecule has 0 spiro atoms. The first-order valence-electron chi connectivity index (χ1n) is 18.5. The van der Waals surface area contributed by atoms with E-state index in [9.17, 15) is 20.4 Å². The molecule has 0 radical (unpaired) electrons. The molecule has 0 aliphatic carbocycles. The summed E-state index contributed by atoms with van der Waals surface area (Å²) in [5, 5.41) is 66.7. The van der Waals surface area contributed by atoms with Crippen LogP contribution in [0.4, 0.5) is 0 Å². The summed E-state index contributed by atoms with van der Waals surface area (Å²) >= 11 is 0. The molecule has 0 amide bonds. The summed E-state index contributed by atoms with van der Waals surface area (Å²) in [5.74, 6) is 0. The average Bonchev–Trinajstić information content (AvgIpc) is 3.28. The largest absolute Gasteiger partial charge is 4.00 e. The maximum Gasteiger partial charge on any atom is 4.00 e. The normalized spacial score (nSPS) is 19.5. The van der Waals surface area contributed by atoms with Crippen molar-refractivity contribution in [3.8, 4) is 0 Å². The summed E-state index contributed by atoms with van der Waals surface area (Å²) in [7, 11) is 0. The number of hydrogen-bond donors (Lipinski definition) is 0. The Kier molecular flexibility index (Phi) is 36.2. The molecule has 0 aromatic heterocycles. The summed E-state index contributed by atoms with van der Waals surface area (Å²) in [4.78, 5) is 9.11. The molecule has 2 fully saturated rings. The molecule has 13 heteroatoms. The Morgan fingerprint density at radius 3 is 0.647 bits per heavy atom. The van der Waals surface area contributed by atoms with Crippen molar-refractivity contribution in [2.24, 2.45) is 21.7 Å². The van der Waals surface area contributed by atoms with Crippen molar-refractivity contribution in [2.45, 2.75) is 134 Å². The van der Waals surface area contributed by atoms with Gasteiger partial charge in [-0.25, -0.2) is 0 Å². The van der Waals surface area contributed by atoms with Gasteiger partial charge in [0.05, 0.1) is 0 Å². The smallest absolute Gasteiger partial charge is 2.00 e. The zero-order chi connectivity index (χ0) is 37.9. The van der Waals surface area contributed by atoms with Gasteiger partial charge in [0.15, 0.2) is 0 Å². The van der Waals surface area contributed by atoms with E-state index in [1.807, 2.05) is 83.1 Å². The number of rotatable bonds is 8. The minimum atomic E-state index is -0.550. The van der Waals surface area contributed by atoms with Crippen LogP contribution in [0.5, 0.6) is 0 Å². The summed E-state index contributed by atoms with van der Waals surface area (Å²) in [6.07, 6.45) is -0.102. The molecule has 2 heterocycles. The fourth-order valence-electron chi connectivity index (χ4n) is 4.81. The molecule has 11 nitrogen and oxygen atoms in total. The van der Waals surface area contributed by atoms with Crippen LogP contribution < -0.4 is 30.6 Å². The fraction of sp³-hybridized carbons (Fsp3) is 1.00. The van der Waals surface area contributed by atoms with Crippen LogP contribution in [0, 0.1) is 21.7 Å². The van der Waals surface area contributed by atoms with E-state index in [0.717, 1.165) is 65.2 Å². The molecule has 0 N–H and O–H groups in total. The minimum Gasteiger partial charge on any atom is -2.00 e. The Bertz CT molecular complexity index is 666. The molecule has 0 unspecified atom stereocenters. The molecule has 0 aromatic carbocycles. The standard InChI is InChI=1S/2C17H34N2O2.2C2H5O.O.2Ti/c2*1-16(2,3)14(20)12-18-8-7-9-19(11-10-18)13-15(21)17(4,5)6;2*1-2-3;;;/h2*14-15H,7-13H2,1-6H3;2*2H2,1H3;;;/q2*-2;2*-1;-2;2*+4/t2*14-,15-;;;;;/m11...../s1. The fourth-order valence-corrected chi connectivity index (χ4v) is 4.81. The maximum absolute atomic E-state index is 12.2. The van der Waals surface area contributed by atoms with Crippen LogP contribution in [0.1, 0.15) is 110 Å². The van der Waals surface area contributed by atoms with Crippen molar-refractivity contribution in [3.05, 3.63) is 0 Å². The molecular weight excluding hydrogens is 720 g/mol. The molecule has 300 valence electrons. The maximum atomic E-state index is 12.2. The molecule has 2 rings (SSSR count). The van der Waals surface area contributed by atoms with Crippen LogP contribution >= 0.6 is 0 Å². The quantitative estimate of drug-likeness (QED) is 0.296. The summed E-state index contributed by atoms with van der Waals surface area (Å²) in [6, 6.07) is 0. The van der Waals surface area contributed by atoms with Crippen LogP contribution in [0.15, 0.2) is 0 Å². The van der Waals surface area contributed by atoms with Crippen molar-refractivity contribution in [1.82, 2.24) is 19.6 Å². The zero-order valence-electron chi connectivity index (χ0n) is 35.3. The average molecular weight is 799 g/mol. The van der Waals surface area contributed by atoms with E-state index < -0.39 is 24.4 Å². The number of nitrogens with zero attached hydrogens (tertiary/aromatic N) is 4. The predicted molar refractivity (Wildman–Crippen MR) is 190 cm³/mol. The molecular formula is C38H78N4O7Ti2. The van der Waals surface area contributed by atoms with Gasteiger partial charge in [0.1, 0.15) is 0 Å². The van der Waals surface area contributed by atoms with Gasteiger partial charge in [-0.3, -0.25) is 0 Å². The molecule has 4 atom stereocenters. The van der Waals surface area contributed by atoms with Crippen LogP contribution in [0.25, 0.3) is 0 Å². The van der Waals surface area contributed by atoms with Crippen molar-refractivity contribution >= 4 is 0 Å². The molecule has 2 saturated heterocycles. The van der Waals surface area contributed by atoms with E-state index >= 15 is 0 Å². The Labute approximate surface area is 345 Å². The van der Waals surface area contributed by atoms with Gasteiger partial charge in [-0.15, -0.1) is 37.6 Å². The Hall–Kier alpha value is 0.989. The Balaban J connectivity index is -0.000000227. The zero-order valence-corrected chi connectivity index (χ0v) is 38.4. The van der Waals surface area contributed by atoms with Gasteiger partial charge < -0.3 is 55.7 Å². The molecule has 0 bridgehead atoms. The van der Waals surface area contributed by atoms with Gasteiger partial charge in [0, 0.05) is 26.2 Å². The van der Waals surface area contributed by atoms with Crippen molar-refractivity contribution < 1.29 is 79.6 Å². The molecule has 2 aliphatic heterocycles. The third-order valence-electron chi connectivity index (χ3n) is 8.92. The summed E-state index contributed by atoms with van der Waals surface area (Å²) in [6.45, 7) is 37.3. The van der Waals surface area contributed by atoms with E-state index in [-0.39, 0.29) is 83.8 Å². The minimum absolute atomic E-state index is 0. The van der Waals surface area contributed by atoms with Gasteiger partial charge in [-0.05, 0) is 86.9 Å². The SMILES string of the molecule is CC(C)(C)[C@H]([O-])CN1CCCN(C[C@@H]([O-])C(C)(C)C)CC1.CC(C)(C)[C@H]([O-])CN1CCCN(C[C@@H]([O-])C(C)(C)C)CC1.CC[O-].CC[O-].[O-2].[Ti+4].[Ti+4]. The van der Waals surface area contributed by atoms with Crippen LogP contribution in [0.2, 0.25) is 0 Å². The second-order valence-electron chi connectivity index (χ2n) is 17.9. The molecule has 0 aromatic rings. The first kappa shape index (κ1) is 61.2. The van der Waals surface area contributed by atoms with Crippen LogP contribution in [0.3, 0.4) is 0 Å². The first-order chi connectivity index (χ1) is 21.8. The van der Waals surface area contributed by atoms with Gasteiger partial charge in [-0.1, -0.05) is 96.9 Å². The third-order valence-corrected chi connectivity index (χ3v) is 8.92. The van der Waals surface area contributed by atoms with E-state index in [1.54, 1.807) is 13.8 Å². The third kappa shape index (κ3) is 30.8. The van der Waals surface area contributed by atoms with E-state index in [1.165, 1.54) is 0 Å². The van der Waals surface area contributed by atoms with Crippen LogP contribution in [-0.4, -0.2) is 136 Å². The molecule has 51 heavy (non-hydrogen) atoms. The Morgan fingerprint density at radius 1 is 0.392 bits per heavy atom.